The number of nitrogens with one attached hydrogen (secondary N) is 1. The number of hydrogen-bond acceptors (Lipinski definition) is 2. The maximum absolute atomic E-state index is 13.0. The van der Waals surface area contributed by atoms with Crippen LogP contribution in [0.3, 0.4) is 0 Å². The van der Waals surface area contributed by atoms with E-state index in [2.05, 4.69) is 17.2 Å². The second kappa shape index (κ2) is 7.88. The van der Waals surface area contributed by atoms with Gasteiger partial charge in [-0.2, -0.15) is 0 Å². The Bertz CT molecular complexity index is 938. The fourth-order valence-corrected chi connectivity index (χ4v) is 2.72. The monoisotopic (exact) mass is 362 g/mol. The molecule has 2 amide bonds. The highest BCUT2D eigenvalue weighted by Gasteiger charge is 2.32. The third-order valence-corrected chi connectivity index (χ3v) is 4.16. The number of amides is 2. The minimum atomic E-state index is -0.457. The highest BCUT2D eigenvalue weighted by atomic mass is 19.1. The number of rotatable bonds is 2. The minimum Gasteiger partial charge on any atom is -0.331 e. The molecule has 1 atom stereocenters. The Hall–Kier alpha value is -3.39. The van der Waals surface area contributed by atoms with Crippen LogP contribution in [0.2, 0.25) is 0 Å². The van der Waals surface area contributed by atoms with Gasteiger partial charge in [0.1, 0.15) is 17.6 Å². The van der Waals surface area contributed by atoms with Crippen molar-refractivity contribution in [1.29, 1.82) is 0 Å². The molecule has 0 saturated carbocycles. The number of hydrogen-bond donors (Lipinski definition) is 1. The highest BCUT2D eigenvalue weighted by Crippen LogP contribution is 2.19. The van der Waals surface area contributed by atoms with Crippen molar-refractivity contribution >= 4 is 11.8 Å². The Balaban J connectivity index is 1.95. The fraction of sp³-hybridized carbons (Fsp3) is 0.182. The molecular weight excluding hydrogens is 343 g/mol. The molecule has 0 unspecified atom stereocenters. The van der Waals surface area contributed by atoms with E-state index in [-0.39, 0.29) is 29.1 Å². The van der Waals surface area contributed by atoms with Gasteiger partial charge in [-0.15, -0.1) is 0 Å². The van der Waals surface area contributed by atoms with E-state index in [0.717, 1.165) is 0 Å². The standard InChI is InChI=1S/C22H19FN2O2/c1-15(2)20-24-21(26)18(11-8-16-9-12-19(23)13-10-16)14-25(20)22(27)17-6-4-3-5-7-17/h3-7,9-10,12-15,20H,1-2H3,(H,24,26)/t20-/m0/s1. The molecule has 3 rings (SSSR count). The Morgan fingerprint density at radius 3 is 2.37 bits per heavy atom. The summed E-state index contributed by atoms with van der Waals surface area (Å²) >= 11 is 0. The molecule has 136 valence electrons. The summed E-state index contributed by atoms with van der Waals surface area (Å²) in [5, 5.41) is 2.85. The van der Waals surface area contributed by atoms with Crippen LogP contribution in [0.5, 0.6) is 0 Å². The van der Waals surface area contributed by atoms with E-state index in [0.29, 0.717) is 11.1 Å². The molecule has 0 bridgehead atoms. The molecule has 1 N–H and O–H groups in total. The number of nitrogens with zero attached hydrogens (tertiary/aromatic N) is 1. The molecule has 1 aliphatic heterocycles. The van der Waals surface area contributed by atoms with Gasteiger partial charge >= 0.3 is 0 Å². The van der Waals surface area contributed by atoms with E-state index in [4.69, 9.17) is 0 Å². The molecule has 0 saturated heterocycles. The average molecular weight is 362 g/mol. The third kappa shape index (κ3) is 4.24. The zero-order chi connectivity index (χ0) is 19.4. The van der Waals surface area contributed by atoms with E-state index in [1.807, 2.05) is 19.9 Å². The predicted molar refractivity (Wildman–Crippen MR) is 101 cm³/mol. The van der Waals surface area contributed by atoms with Crippen LogP contribution < -0.4 is 5.32 Å². The predicted octanol–water partition coefficient (Wildman–Crippen LogP) is 3.32. The zero-order valence-electron chi connectivity index (χ0n) is 15.1. The molecule has 27 heavy (non-hydrogen) atoms. The molecule has 0 radical (unpaired) electrons. The second-order valence-electron chi connectivity index (χ2n) is 6.54. The lowest BCUT2D eigenvalue weighted by atomic mass is 10.0. The molecule has 1 heterocycles. The van der Waals surface area contributed by atoms with Crippen molar-refractivity contribution in [3.05, 3.63) is 83.3 Å². The molecule has 2 aromatic rings. The summed E-state index contributed by atoms with van der Waals surface area (Å²) in [5.41, 5.74) is 1.29. The summed E-state index contributed by atoms with van der Waals surface area (Å²) in [6.07, 6.45) is 1.04. The first-order chi connectivity index (χ1) is 13.0. The van der Waals surface area contributed by atoms with E-state index in [1.165, 1.54) is 35.4 Å². The third-order valence-electron chi connectivity index (χ3n) is 4.16. The fourth-order valence-electron chi connectivity index (χ4n) is 2.72. The van der Waals surface area contributed by atoms with Gasteiger partial charge in [0, 0.05) is 17.3 Å². The minimum absolute atomic E-state index is 0.0180. The zero-order valence-corrected chi connectivity index (χ0v) is 15.1. The van der Waals surface area contributed by atoms with Crippen LogP contribution >= 0.6 is 0 Å². The summed E-state index contributed by atoms with van der Waals surface area (Å²) in [4.78, 5) is 26.8. The second-order valence-corrected chi connectivity index (χ2v) is 6.54. The van der Waals surface area contributed by atoms with Gasteiger partial charge in [0.2, 0.25) is 0 Å². The lowest BCUT2D eigenvalue weighted by molar-refractivity contribution is -0.119. The van der Waals surface area contributed by atoms with Gasteiger partial charge in [0.15, 0.2) is 0 Å². The molecule has 5 heteroatoms. The van der Waals surface area contributed by atoms with Gasteiger partial charge in [-0.3, -0.25) is 14.5 Å². The van der Waals surface area contributed by atoms with E-state index in [9.17, 15) is 14.0 Å². The van der Waals surface area contributed by atoms with Crippen molar-refractivity contribution in [2.75, 3.05) is 0 Å². The maximum Gasteiger partial charge on any atom is 0.262 e. The molecule has 2 aromatic carbocycles. The van der Waals surface area contributed by atoms with Gasteiger partial charge in [0.05, 0.1) is 0 Å². The summed E-state index contributed by atoms with van der Waals surface area (Å²) in [6.45, 7) is 3.86. The molecule has 4 nitrogen and oxygen atoms in total. The Kier molecular flexibility index (Phi) is 5.37. The number of halogens is 1. The maximum atomic E-state index is 13.0. The molecule has 0 aliphatic carbocycles. The van der Waals surface area contributed by atoms with Crippen LogP contribution in [0, 0.1) is 23.6 Å². The van der Waals surface area contributed by atoms with Gasteiger partial charge in [-0.25, -0.2) is 4.39 Å². The lowest BCUT2D eigenvalue weighted by Crippen LogP contribution is -2.54. The first-order valence-corrected chi connectivity index (χ1v) is 8.63. The molecule has 0 fully saturated rings. The van der Waals surface area contributed by atoms with E-state index >= 15 is 0 Å². The molecular formula is C22H19FN2O2. The van der Waals surface area contributed by atoms with Crippen molar-refractivity contribution in [2.24, 2.45) is 5.92 Å². The first-order valence-electron chi connectivity index (χ1n) is 8.63. The molecule has 0 spiro atoms. The number of benzene rings is 2. The Morgan fingerprint density at radius 2 is 1.74 bits per heavy atom. The van der Waals surface area contributed by atoms with Crippen molar-refractivity contribution in [1.82, 2.24) is 10.2 Å². The van der Waals surface area contributed by atoms with Crippen LogP contribution in [-0.2, 0) is 4.79 Å². The van der Waals surface area contributed by atoms with Gasteiger partial charge in [0.25, 0.3) is 11.8 Å². The highest BCUT2D eigenvalue weighted by molar-refractivity contribution is 6.02. The van der Waals surface area contributed by atoms with Crippen molar-refractivity contribution in [2.45, 2.75) is 20.0 Å². The van der Waals surface area contributed by atoms with Crippen molar-refractivity contribution in [3.63, 3.8) is 0 Å². The van der Waals surface area contributed by atoms with E-state index in [1.54, 1.807) is 24.3 Å². The van der Waals surface area contributed by atoms with Gasteiger partial charge in [-0.1, -0.05) is 43.9 Å². The number of carbonyl (C=O) groups excluding carboxylic acids is 2. The summed E-state index contributed by atoms with van der Waals surface area (Å²) < 4.78 is 13.0. The lowest BCUT2D eigenvalue weighted by Gasteiger charge is -2.35. The SMILES string of the molecule is CC(C)[C@H]1NC(=O)C(C#Cc2ccc(F)cc2)=CN1C(=O)c1ccccc1. The first kappa shape index (κ1) is 18.4. The van der Waals surface area contributed by atoms with Crippen LogP contribution in [0.15, 0.2) is 66.4 Å². The summed E-state index contributed by atoms with van der Waals surface area (Å²) in [5.74, 6) is 4.74. The average Bonchev–Trinajstić information content (AvgIpc) is 2.68. The topological polar surface area (TPSA) is 49.4 Å². The van der Waals surface area contributed by atoms with Crippen LogP contribution in [0.25, 0.3) is 0 Å². The largest absolute Gasteiger partial charge is 0.331 e. The smallest absolute Gasteiger partial charge is 0.262 e. The van der Waals surface area contributed by atoms with Gasteiger partial charge < -0.3 is 5.32 Å². The van der Waals surface area contributed by atoms with Crippen LogP contribution in [-0.4, -0.2) is 22.9 Å². The molecule has 0 aromatic heterocycles. The quantitative estimate of drug-likeness (QED) is 0.834. The Labute approximate surface area is 157 Å². The van der Waals surface area contributed by atoms with Crippen molar-refractivity contribution < 1.29 is 14.0 Å². The summed E-state index contributed by atoms with van der Waals surface area (Å²) in [6, 6.07) is 14.6. The van der Waals surface area contributed by atoms with Crippen LogP contribution in [0.4, 0.5) is 4.39 Å². The van der Waals surface area contributed by atoms with Crippen molar-refractivity contribution in [3.8, 4) is 11.8 Å². The van der Waals surface area contributed by atoms with E-state index < -0.39 is 6.17 Å². The Morgan fingerprint density at radius 1 is 1.07 bits per heavy atom. The number of carbonyl (C=O) groups is 2. The van der Waals surface area contributed by atoms with Gasteiger partial charge in [-0.05, 0) is 42.3 Å². The van der Waals surface area contributed by atoms with Crippen LogP contribution in [0.1, 0.15) is 29.8 Å². The normalized spacial score (nSPS) is 16.3. The molecule has 1 aliphatic rings. The summed E-state index contributed by atoms with van der Waals surface area (Å²) in [7, 11) is 0.